The van der Waals surface area contributed by atoms with Crippen molar-refractivity contribution in [3.05, 3.63) is 18.2 Å². The summed E-state index contributed by atoms with van der Waals surface area (Å²) in [5, 5.41) is 10.9. The van der Waals surface area contributed by atoms with E-state index in [-0.39, 0.29) is 11.7 Å². The van der Waals surface area contributed by atoms with Crippen LogP contribution in [-0.2, 0) is 4.79 Å². The summed E-state index contributed by atoms with van der Waals surface area (Å²) < 4.78 is 12.1. The minimum absolute atomic E-state index is 0.138. The summed E-state index contributed by atoms with van der Waals surface area (Å²) in [6, 6.07) is 5.25. The van der Waals surface area contributed by atoms with E-state index in [9.17, 15) is 4.79 Å². The maximum Gasteiger partial charge on any atom is 0.234 e. The summed E-state index contributed by atoms with van der Waals surface area (Å²) >= 11 is 4.51. The second-order valence-corrected chi connectivity index (χ2v) is 7.88. The molecule has 0 saturated heterocycles. The average molecular weight is 372 g/mol. The molecular formula is C14H17N3O3S3. The van der Waals surface area contributed by atoms with Crippen LogP contribution >= 0.6 is 34.9 Å². The number of methoxy groups -OCH3 is 2. The van der Waals surface area contributed by atoms with Gasteiger partial charge in [-0.15, -0.1) is 10.2 Å². The van der Waals surface area contributed by atoms with E-state index in [0.717, 1.165) is 14.4 Å². The highest BCUT2D eigenvalue weighted by atomic mass is 32.2. The molecule has 23 heavy (non-hydrogen) atoms. The van der Waals surface area contributed by atoms with Gasteiger partial charge in [-0.2, -0.15) is 0 Å². The molecule has 6 nitrogen and oxygen atoms in total. The standard InChI is InChI=1S/C14H17N3O3S3/c1-4-21-13-16-17-14(23-13)22-8-12(18)15-10-7-9(19-2)5-6-11(10)20-3/h5-7H,4,8H2,1-3H3,(H,15,18). The van der Waals surface area contributed by atoms with Crippen LogP contribution < -0.4 is 14.8 Å². The number of aromatic nitrogens is 2. The van der Waals surface area contributed by atoms with Gasteiger partial charge >= 0.3 is 0 Å². The number of rotatable bonds is 8. The first-order valence-corrected chi connectivity index (χ1v) is 9.56. The first-order valence-electron chi connectivity index (χ1n) is 6.77. The van der Waals surface area contributed by atoms with Gasteiger partial charge in [-0.3, -0.25) is 4.79 Å². The molecule has 2 rings (SSSR count). The smallest absolute Gasteiger partial charge is 0.234 e. The van der Waals surface area contributed by atoms with Crippen LogP contribution in [0, 0.1) is 0 Å². The van der Waals surface area contributed by atoms with Crippen molar-refractivity contribution in [1.82, 2.24) is 10.2 Å². The fourth-order valence-corrected chi connectivity index (χ4v) is 4.38. The van der Waals surface area contributed by atoms with E-state index in [1.165, 1.54) is 23.1 Å². The first kappa shape index (κ1) is 17.9. The molecule has 1 heterocycles. The lowest BCUT2D eigenvalue weighted by Crippen LogP contribution is -2.14. The van der Waals surface area contributed by atoms with Crippen molar-refractivity contribution < 1.29 is 14.3 Å². The van der Waals surface area contributed by atoms with E-state index in [2.05, 4.69) is 22.4 Å². The molecule has 1 aromatic heterocycles. The van der Waals surface area contributed by atoms with Gasteiger partial charge < -0.3 is 14.8 Å². The lowest BCUT2D eigenvalue weighted by molar-refractivity contribution is -0.113. The molecule has 1 N–H and O–H groups in total. The Labute approximate surface area is 147 Å². The van der Waals surface area contributed by atoms with Gasteiger partial charge in [0.05, 0.1) is 25.7 Å². The third-order valence-electron chi connectivity index (χ3n) is 2.66. The van der Waals surface area contributed by atoms with Gasteiger partial charge in [0.25, 0.3) is 0 Å². The number of nitrogens with one attached hydrogen (secondary N) is 1. The highest BCUT2D eigenvalue weighted by Gasteiger charge is 2.11. The lowest BCUT2D eigenvalue weighted by Gasteiger charge is -2.11. The van der Waals surface area contributed by atoms with E-state index < -0.39 is 0 Å². The van der Waals surface area contributed by atoms with E-state index in [0.29, 0.717) is 17.2 Å². The predicted octanol–water partition coefficient (Wildman–Crippen LogP) is 3.40. The van der Waals surface area contributed by atoms with Crippen molar-refractivity contribution in [1.29, 1.82) is 0 Å². The van der Waals surface area contributed by atoms with Crippen LogP contribution in [0.25, 0.3) is 0 Å². The highest BCUT2D eigenvalue weighted by Crippen LogP contribution is 2.30. The Morgan fingerprint density at radius 1 is 1.22 bits per heavy atom. The number of hydrogen-bond donors (Lipinski definition) is 1. The van der Waals surface area contributed by atoms with Crippen LogP contribution in [0.2, 0.25) is 0 Å². The van der Waals surface area contributed by atoms with Crippen molar-refractivity contribution in [2.45, 2.75) is 15.6 Å². The van der Waals surface area contributed by atoms with Crippen molar-refractivity contribution >= 4 is 46.5 Å². The van der Waals surface area contributed by atoms with Crippen molar-refractivity contribution in [2.75, 3.05) is 31.0 Å². The normalized spacial score (nSPS) is 10.4. The molecule has 1 amide bonds. The molecule has 0 saturated carbocycles. The van der Waals surface area contributed by atoms with Crippen LogP contribution in [0.4, 0.5) is 5.69 Å². The fraction of sp³-hybridized carbons (Fsp3) is 0.357. The fourth-order valence-electron chi connectivity index (χ4n) is 1.66. The van der Waals surface area contributed by atoms with Crippen molar-refractivity contribution in [3.8, 4) is 11.5 Å². The molecule has 124 valence electrons. The van der Waals surface area contributed by atoms with Crippen LogP contribution in [-0.4, -0.2) is 41.8 Å². The Bertz CT molecular complexity index is 664. The molecule has 0 spiro atoms. The van der Waals surface area contributed by atoms with Crippen molar-refractivity contribution in [3.63, 3.8) is 0 Å². The number of carbonyl (C=O) groups excluding carboxylic acids is 1. The largest absolute Gasteiger partial charge is 0.497 e. The monoisotopic (exact) mass is 371 g/mol. The third-order valence-corrected chi connectivity index (χ3v) is 5.74. The van der Waals surface area contributed by atoms with Gasteiger partial charge in [0.2, 0.25) is 5.91 Å². The molecule has 0 aliphatic carbocycles. The quantitative estimate of drug-likeness (QED) is 0.713. The van der Waals surface area contributed by atoms with E-state index in [1.807, 2.05) is 0 Å². The molecule has 0 radical (unpaired) electrons. The van der Waals surface area contributed by atoms with Gasteiger partial charge in [-0.1, -0.05) is 41.8 Å². The molecule has 0 aliphatic heterocycles. The molecule has 0 bridgehead atoms. The SMILES string of the molecule is CCSc1nnc(SCC(=O)Nc2cc(OC)ccc2OC)s1. The molecular weight excluding hydrogens is 354 g/mol. The third kappa shape index (κ3) is 5.29. The lowest BCUT2D eigenvalue weighted by atomic mass is 10.2. The number of hydrogen-bond acceptors (Lipinski definition) is 8. The summed E-state index contributed by atoms with van der Waals surface area (Å²) in [4.78, 5) is 12.1. The van der Waals surface area contributed by atoms with E-state index >= 15 is 0 Å². The van der Waals surface area contributed by atoms with Crippen LogP contribution in [0.15, 0.2) is 26.9 Å². The topological polar surface area (TPSA) is 73.3 Å². The van der Waals surface area contributed by atoms with E-state index in [1.54, 1.807) is 44.2 Å². The summed E-state index contributed by atoms with van der Waals surface area (Å²) in [5.41, 5.74) is 0.581. The Balaban J connectivity index is 1.93. The van der Waals surface area contributed by atoms with Gasteiger partial charge in [0.15, 0.2) is 8.68 Å². The summed E-state index contributed by atoms with van der Waals surface area (Å²) in [5.74, 6) is 2.31. The minimum Gasteiger partial charge on any atom is -0.497 e. The van der Waals surface area contributed by atoms with Crippen LogP contribution in [0.3, 0.4) is 0 Å². The van der Waals surface area contributed by atoms with Crippen LogP contribution in [0.5, 0.6) is 11.5 Å². The second kappa shape index (κ2) is 8.99. The Morgan fingerprint density at radius 2 is 1.96 bits per heavy atom. The maximum absolute atomic E-state index is 12.1. The number of benzene rings is 1. The zero-order valence-corrected chi connectivity index (χ0v) is 15.4. The Hall–Kier alpha value is -1.45. The zero-order valence-electron chi connectivity index (χ0n) is 13.0. The predicted molar refractivity (Wildman–Crippen MR) is 95.2 cm³/mol. The highest BCUT2D eigenvalue weighted by molar-refractivity contribution is 8.03. The molecule has 0 atom stereocenters. The average Bonchev–Trinajstić information content (AvgIpc) is 3.01. The second-order valence-electron chi connectivity index (χ2n) is 4.17. The summed E-state index contributed by atoms with van der Waals surface area (Å²) in [6.45, 7) is 2.06. The molecule has 9 heteroatoms. The minimum atomic E-state index is -0.138. The van der Waals surface area contributed by atoms with Crippen molar-refractivity contribution in [2.24, 2.45) is 0 Å². The molecule has 0 aliphatic rings. The Morgan fingerprint density at radius 3 is 2.61 bits per heavy atom. The molecule has 2 aromatic rings. The number of carbonyl (C=O) groups is 1. The number of ether oxygens (including phenoxy) is 2. The van der Waals surface area contributed by atoms with Gasteiger partial charge in [0, 0.05) is 6.07 Å². The summed E-state index contributed by atoms with van der Waals surface area (Å²) in [7, 11) is 3.13. The van der Waals surface area contributed by atoms with Gasteiger partial charge in [0.1, 0.15) is 11.5 Å². The zero-order chi connectivity index (χ0) is 16.7. The Kier molecular flexibility index (Phi) is 7.00. The van der Waals surface area contributed by atoms with Gasteiger partial charge in [-0.25, -0.2) is 0 Å². The molecule has 0 fully saturated rings. The van der Waals surface area contributed by atoms with Crippen LogP contribution in [0.1, 0.15) is 6.92 Å². The molecule has 1 aromatic carbocycles. The first-order chi connectivity index (χ1) is 11.2. The number of amides is 1. The summed E-state index contributed by atoms with van der Waals surface area (Å²) in [6.07, 6.45) is 0. The maximum atomic E-state index is 12.1. The van der Waals surface area contributed by atoms with Gasteiger partial charge in [-0.05, 0) is 17.9 Å². The van der Waals surface area contributed by atoms with E-state index in [4.69, 9.17) is 9.47 Å². The number of thioether (sulfide) groups is 2. The molecule has 0 unspecified atom stereocenters. The number of nitrogens with zero attached hydrogens (tertiary/aromatic N) is 2. The number of anilines is 1.